The van der Waals surface area contributed by atoms with Gasteiger partial charge in [-0.25, -0.2) is 12.8 Å². The summed E-state index contributed by atoms with van der Waals surface area (Å²) in [4.78, 5) is 12.0. The molecule has 2 rings (SSSR count). The Morgan fingerprint density at radius 3 is 2.21 bits per heavy atom. The molecule has 152 valence electrons. The van der Waals surface area contributed by atoms with Crippen LogP contribution in [0.5, 0.6) is 0 Å². The van der Waals surface area contributed by atoms with Crippen molar-refractivity contribution >= 4 is 21.4 Å². The first-order valence-electron chi connectivity index (χ1n) is 7.92. The molecule has 0 heterocycles. The summed E-state index contributed by atoms with van der Waals surface area (Å²) < 4.78 is 76.5. The zero-order valence-electron chi connectivity index (χ0n) is 14.8. The molecule has 1 amide bonds. The molecule has 0 aliphatic carbocycles. The minimum absolute atomic E-state index is 0.0591. The second-order valence-corrected chi connectivity index (χ2v) is 8.46. The van der Waals surface area contributed by atoms with E-state index in [4.69, 9.17) is 0 Å². The van der Waals surface area contributed by atoms with Gasteiger partial charge in [-0.05, 0) is 55.8 Å². The average molecular weight is 419 g/mol. The van der Waals surface area contributed by atoms with Crippen LogP contribution in [0.4, 0.5) is 23.2 Å². The molecule has 0 saturated heterocycles. The largest absolute Gasteiger partial charge is 0.416 e. The lowest BCUT2D eigenvalue weighted by Gasteiger charge is -2.22. The average Bonchev–Trinajstić information content (AvgIpc) is 2.55. The highest BCUT2D eigenvalue weighted by Gasteiger charge is 2.37. The molecule has 5 nitrogen and oxygen atoms in total. The Bertz CT molecular complexity index is 984. The molecule has 1 unspecified atom stereocenters. The van der Waals surface area contributed by atoms with E-state index in [1.54, 1.807) is 0 Å². The minimum Gasteiger partial charge on any atom is -0.379 e. The Morgan fingerprint density at radius 1 is 1.11 bits per heavy atom. The van der Waals surface area contributed by atoms with Crippen molar-refractivity contribution in [2.45, 2.75) is 30.5 Å². The normalized spacial score (nSPS) is 14.4. The molecule has 0 saturated carbocycles. The van der Waals surface area contributed by atoms with Gasteiger partial charge in [-0.1, -0.05) is 6.07 Å². The fourth-order valence-corrected chi connectivity index (χ4v) is 4.02. The van der Waals surface area contributed by atoms with Gasteiger partial charge in [-0.3, -0.25) is 4.79 Å². The molecule has 0 aliphatic heterocycles. The summed E-state index contributed by atoms with van der Waals surface area (Å²) >= 11 is 0. The zero-order chi connectivity index (χ0) is 21.3. The molecule has 0 bridgehead atoms. The van der Waals surface area contributed by atoms with E-state index in [2.05, 4.69) is 5.32 Å². The van der Waals surface area contributed by atoms with Gasteiger partial charge < -0.3 is 10.4 Å². The van der Waals surface area contributed by atoms with E-state index in [0.717, 1.165) is 37.3 Å². The third kappa shape index (κ3) is 5.08. The lowest BCUT2D eigenvalue weighted by atomic mass is 10.1. The van der Waals surface area contributed by atoms with Crippen LogP contribution in [-0.4, -0.2) is 30.8 Å². The number of carbonyl (C=O) groups is 1. The van der Waals surface area contributed by atoms with Crippen LogP contribution in [0.15, 0.2) is 47.4 Å². The first-order valence-corrected chi connectivity index (χ1v) is 9.58. The predicted octanol–water partition coefficient (Wildman–Crippen LogP) is 3.32. The maximum atomic E-state index is 13.0. The monoisotopic (exact) mass is 419 g/mol. The third-order valence-electron chi connectivity index (χ3n) is 3.93. The second-order valence-electron chi connectivity index (χ2n) is 6.47. The Balaban J connectivity index is 2.22. The van der Waals surface area contributed by atoms with Gasteiger partial charge in [-0.15, -0.1) is 0 Å². The standard InChI is InChI=1S/C18H17F4NO4S/c1-11-3-6-13(9-15(11)18(20,21)22)23-16(24)17(2,25)10-28(26,27)14-7-4-12(19)5-8-14/h3-9,25H,10H2,1-2H3,(H,23,24). The number of alkyl halides is 3. The fraction of sp³-hybridized carbons (Fsp3) is 0.278. The van der Waals surface area contributed by atoms with Crippen LogP contribution in [0.1, 0.15) is 18.1 Å². The molecule has 10 heteroatoms. The lowest BCUT2D eigenvalue weighted by molar-refractivity contribution is -0.138. The van der Waals surface area contributed by atoms with E-state index in [0.29, 0.717) is 6.07 Å². The number of carbonyl (C=O) groups excluding carboxylic acids is 1. The van der Waals surface area contributed by atoms with E-state index in [1.807, 2.05) is 0 Å². The summed E-state index contributed by atoms with van der Waals surface area (Å²) in [5.41, 5.74) is -3.72. The molecule has 0 radical (unpaired) electrons. The summed E-state index contributed by atoms with van der Waals surface area (Å²) in [6, 6.07) is 6.81. The third-order valence-corrected chi connectivity index (χ3v) is 5.87. The maximum Gasteiger partial charge on any atom is 0.416 e. The second kappa shape index (κ2) is 7.51. The van der Waals surface area contributed by atoms with Crippen molar-refractivity contribution < 1.29 is 35.9 Å². The van der Waals surface area contributed by atoms with Crippen LogP contribution in [0.3, 0.4) is 0 Å². The van der Waals surface area contributed by atoms with E-state index < -0.39 is 44.7 Å². The summed E-state index contributed by atoms with van der Waals surface area (Å²) in [7, 11) is -4.17. The number of benzene rings is 2. The van der Waals surface area contributed by atoms with E-state index >= 15 is 0 Å². The highest BCUT2D eigenvalue weighted by atomic mass is 32.2. The molecule has 28 heavy (non-hydrogen) atoms. The Morgan fingerprint density at radius 2 is 1.68 bits per heavy atom. The van der Waals surface area contributed by atoms with Crippen LogP contribution in [0.25, 0.3) is 0 Å². The molecule has 0 fully saturated rings. The van der Waals surface area contributed by atoms with Crippen molar-refractivity contribution in [2.24, 2.45) is 0 Å². The summed E-state index contributed by atoms with van der Waals surface area (Å²) in [5, 5.41) is 12.4. The number of halogens is 4. The first-order chi connectivity index (χ1) is 12.7. The number of rotatable bonds is 5. The van der Waals surface area contributed by atoms with Crippen molar-refractivity contribution in [3.63, 3.8) is 0 Å². The number of hydrogen-bond donors (Lipinski definition) is 2. The number of hydrogen-bond acceptors (Lipinski definition) is 4. The van der Waals surface area contributed by atoms with Gasteiger partial charge >= 0.3 is 6.18 Å². The minimum atomic E-state index is -4.64. The summed E-state index contributed by atoms with van der Waals surface area (Å²) in [6.07, 6.45) is -4.64. The van der Waals surface area contributed by atoms with Gasteiger partial charge in [0.05, 0.1) is 16.2 Å². The van der Waals surface area contributed by atoms with Gasteiger partial charge in [0.25, 0.3) is 5.91 Å². The summed E-state index contributed by atoms with van der Waals surface area (Å²) in [6.45, 7) is 2.17. The maximum absolute atomic E-state index is 13.0. The predicted molar refractivity (Wildman–Crippen MR) is 93.9 cm³/mol. The summed E-state index contributed by atoms with van der Waals surface area (Å²) in [5.74, 6) is -2.91. The number of anilines is 1. The van der Waals surface area contributed by atoms with Gasteiger partial charge in [0.15, 0.2) is 15.4 Å². The molecular formula is C18H17F4NO4S. The van der Waals surface area contributed by atoms with E-state index in [-0.39, 0.29) is 16.1 Å². The fourth-order valence-electron chi connectivity index (χ4n) is 2.43. The SMILES string of the molecule is Cc1ccc(NC(=O)C(C)(O)CS(=O)(=O)c2ccc(F)cc2)cc1C(F)(F)F. The van der Waals surface area contributed by atoms with Crippen LogP contribution >= 0.6 is 0 Å². The molecule has 0 aromatic heterocycles. The van der Waals surface area contributed by atoms with Gasteiger partial charge in [0.1, 0.15) is 5.82 Å². The molecule has 2 aromatic carbocycles. The van der Waals surface area contributed by atoms with Crippen molar-refractivity contribution in [3.05, 3.63) is 59.4 Å². The molecule has 2 N–H and O–H groups in total. The molecular weight excluding hydrogens is 402 g/mol. The quantitative estimate of drug-likeness (QED) is 0.575. The number of sulfone groups is 1. The number of nitrogens with one attached hydrogen (secondary N) is 1. The van der Waals surface area contributed by atoms with Gasteiger partial charge in [0, 0.05) is 5.69 Å². The van der Waals surface area contributed by atoms with Crippen molar-refractivity contribution in [1.29, 1.82) is 0 Å². The van der Waals surface area contributed by atoms with Crippen molar-refractivity contribution in [1.82, 2.24) is 0 Å². The number of aryl methyl sites for hydroxylation is 1. The van der Waals surface area contributed by atoms with E-state index in [9.17, 15) is 35.9 Å². The molecule has 0 aliphatic rings. The highest BCUT2D eigenvalue weighted by Crippen LogP contribution is 2.33. The van der Waals surface area contributed by atoms with E-state index in [1.165, 1.54) is 13.0 Å². The molecule has 2 aromatic rings. The topological polar surface area (TPSA) is 83.5 Å². The van der Waals surface area contributed by atoms with Crippen molar-refractivity contribution in [2.75, 3.05) is 11.1 Å². The van der Waals surface area contributed by atoms with Gasteiger partial charge in [0.2, 0.25) is 0 Å². The van der Waals surface area contributed by atoms with Crippen LogP contribution < -0.4 is 5.32 Å². The van der Waals surface area contributed by atoms with Crippen LogP contribution in [0.2, 0.25) is 0 Å². The Labute approximate surface area is 158 Å². The lowest BCUT2D eigenvalue weighted by Crippen LogP contribution is -2.45. The van der Waals surface area contributed by atoms with Crippen LogP contribution in [-0.2, 0) is 20.8 Å². The molecule has 0 spiro atoms. The smallest absolute Gasteiger partial charge is 0.379 e. The Hall–Kier alpha value is -2.46. The molecule has 1 atom stereocenters. The number of amides is 1. The first kappa shape index (κ1) is 21.8. The zero-order valence-corrected chi connectivity index (χ0v) is 15.7. The van der Waals surface area contributed by atoms with Crippen LogP contribution in [0, 0.1) is 12.7 Å². The number of aliphatic hydroxyl groups is 1. The highest BCUT2D eigenvalue weighted by molar-refractivity contribution is 7.91. The Kier molecular flexibility index (Phi) is 5.86. The van der Waals surface area contributed by atoms with Gasteiger partial charge in [-0.2, -0.15) is 13.2 Å². The van der Waals surface area contributed by atoms with Crippen molar-refractivity contribution in [3.8, 4) is 0 Å².